The molecule has 6 heteroatoms. The van der Waals surface area contributed by atoms with Crippen molar-refractivity contribution in [2.24, 2.45) is 0 Å². The number of rotatable bonds is 0. The second kappa shape index (κ2) is 11.7. The minimum absolute atomic E-state index is 0.198. The van der Waals surface area contributed by atoms with Gasteiger partial charge in [0.15, 0.2) is 0 Å². The average Bonchev–Trinajstić information content (AvgIpc) is 3.83. The summed E-state index contributed by atoms with van der Waals surface area (Å²) in [6, 6.07) is 24.6. The fourth-order valence-electron chi connectivity index (χ4n) is 7.33. The van der Waals surface area contributed by atoms with E-state index in [0.29, 0.717) is 13.2 Å². The normalized spacial score (nSPS) is 21.4. The molecule has 0 unspecified atom stereocenters. The Kier molecular flexibility index (Phi) is 7.71. The Morgan fingerprint density at radius 3 is 1.22 bits per heavy atom. The van der Waals surface area contributed by atoms with Crippen LogP contribution in [0, 0.1) is 6.92 Å². The van der Waals surface area contributed by atoms with Gasteiger partial charge < -0.3 is 29.4 Å². The quantitative estimate of drug-likeness (QED) is 0.142. The van der Waals surface area contributed by atoms with Gasteiger partial charge in [0.05, 0.1) is 13.2 Å². The number of aromatic nitrogens is 4. The topological polar surface area (TPSA) is 81.6 Å². The third-order valence-corrected chi connectivity index (χ3v) is 10.4. The summed E-state index contributed by atoms with van der Waals surface area (Å²) in [6.45, 7) is 12.7. The summed E-state index contributed by atoms with van der Waals surface area (Å²) >= 11 is 0. The molecule has 45 heavy (non-hydrogen) atoms. The van der Waals surface area contributed by atoms with E-state index in [0.717, 1.165) is 55.6 Å². The number of hydrogen-bond acceptors (Lipinski definition) is 2. The van der Waals surface area contributed by atoms with Gasteiger partial charge in [0.25, 0.3) is 0 Å². The molecule has 1 aromatic carbocycles. The molecule has 0 spiro atoms. The SMILES string of the molecule is Cc1cc2cc(c1)OCCCCC1c3ccc([nH]3)C(C)(C)c3ccc([nH]3)C(CCCCO2)c2ccc([nH]2)C(C)(C)c2ccc1[nH]2. The van der Waals surface area contributed by atoms with Crippen molar-refractivity contribution in [3.8, 4) is 11.5 Å². The molecule has 0 atom stereocenters. The molecule has 0 saturated carbocycles. The summed E-state index contributed by atoms with van der Waals surface area (Å²) in [7, 11) is 0. The Morgan fingerprint density at radius 2 is 0.867 bits per heavy atom. The third-order valence-electron chi connectivity index (χ3n) is 10.4. The zero-order chi connectivity index (χ0) is 31.2. The summed E-state index contributed by atoms with van der Waals surface area (Å²) in [4.78, 5) is 15.6. The number of ether oxygens (including phenoxy) is 2. The Bertz CT molecular complexity index is 1550. The molecule has 4 N–H and O–H groups in total. The highest BCUT2D eigenvalue weighted by Crippen LogP contribution is 2.40. The van der Waals surface area contributed by atoms with Gasteiger partial charge in [0.1, 0.15) is 11.5 Å². The lowest BCUT2D eigenvalue weighted by atomic mass is 9.86. The lowest BCUT2D eigenvalue weighted by Gasteiger charge is -2.25. The van der Waals surface area contributed by atoms with Crippen LogP contribution in [0.25, 0.3) is 0 Å². The Balaban J connectivity index is 1.33. The number of fused-ring (bicyclic) bond motifs is 8. The molecular formula is C39H48N4O2. The smallest absolute Gasteiger partial charge is 0.123 e. The number of aromatic amines is 4. The van der Waals surface area contributed by atoms with Gasteiger partial charge in [-0.1, -0.05) is 0 Å². The summed E-state index contributed by atoms with van der Waals surface area (Å²) < 4.78 is 12.5. The zero-order valence-electron chi connectivity index (χ0n) is 27.5. The zero-order valence-corrected chi connectivity index (χ0v) is 27.5. The first kappa shape index (κ1) is 29.6. The summed E-state index contributed by atoms with van der Waals surface area (Å²) in [5.41, 5.74) is 10.7. The van der Waals surface area contributed by atoms with Crippen LogP contribution in [0.3, 0.4) is 0 Å². The van der Waals surface area contributed by atoms with E-state index in [1.165, 1.54) is 45.6 Å². The van der Waals surface area contributed by atoms with E-state index < -0.39 is 0 Å². The van der Waals surface area contributed by atoms with Crippen molar-refractivity contribution in [2.45, 2.75) is 95.8 Å². The van der Waals surface area contributed by atoms with Gasteiger partial charge >= 0.3 is 0 Å². The van der Waals surface area contributed by atoms with Crippen LogP contribution in [-0.2, 0) is 10.8 Å². The third kappa shape index (κ3) is 5.76. The molecule has 0 amide bonds. The van der Waals surface area contributed by atoms with Crippen LogP contribution in [-0.4, -0.2) is 33.1 Å². The molecule has 0 saturated heterocycles. The highest BCUT2D eigenvalue weighted by atomic mass is 16.5. The van der Waals surface area contributed by atoms with E-state index in [4.69, 9.17) is 9.47 Å². The summed E-state index contributed by atoms with van der Waals surface area (Å²) in [5, 5.41) is 0. The molecule has 0 aliphatic carbocycles. The van der Waals surface area contributed by atoms with Gasteiger partial charge in [0, 0.05) is 74.3 Å². The van der Waals surface area contributed by atoms with Crippen molar-refractivity contribution in [1.82, 2.24) is 19.9 Å². The van der Waals surface area contributed by atoms with E-state index in [2.05, 4.69) is 115 Å². The highest BCUT2D eigenvalue weighted by Gasteiger charge is 2.32. The van der Waals surface area contributed by atoms with Crippen molar-refractivity contribution in [3.63, 3.8) is 0 Å². The molecule has 12 bridgehead atoms. The van der Waals surface area contributed by atoms with Gasteiger partial charge in [-0.05, 0) is 139 Å². The summed E-state index contributed by atoms with van der Waals surface area (Å²) in [5.74, 6) is 2.24. The molecule has 5 aromatic rings. The van der Waals surface area contributed by atoms with Crippen molar-refractivity contribution < 1.29 is 9.47 Å². The molecule has 7 heterocycles. The van der Waals surface area contributed by atoms with Crippen molar-refractivity contribution in [2.75, 3.05) is 13.2 Å². The maximum atomic E-state index is 6.25. The molecule has 3 aliphatic heterocycles. The number of H-pyrrole nitrogens is 4. The summed E-state index contributed by atoms with van der Waals surface area (Å²) in [6.07, 6.45) is 6.11. The minimum atomic E-state index is -0.198. The molecular weight excluding hydrogens is 556 g/mol. The van der Waals surface area contributed by atoms with Crippen molar-refractivity contribution in [1.29, 1.82) is 0 Å². The van der Waals surface area contributed by atoms with Crippen LogP contribution < -0.4 is 9.47 Å². The maximum Gasteiger partial charge on any atom is 0.123 e. The Hall–Kier alpha value is -4.06. The first-order valence-corrected chi connectivity index (χ1v) is 16.8. The Labute approximate surface area is 267 Å². The highest BCUT2D eigenvalue weighted by molar-refractivity contribution is 5.41. The minimum Gasteiger partial charge on any atom is -0.493 e. The Morgan fingerprint density at radius 1 is 0.511 bits per heavy atom. The van der Waals surface area contributed by atoms with E-state index in [1.54, 1.807) is 0 Å². The van der Waals surface area contributed by atoms with Crippen molar-refractivity contribution >= 4 is 0 Å². The van der Waals surface area contributed by atoms with Crippen molar-refractivity contribution in [3.05, 3.63) is 118 Å². The monoisotopic (exact) mass is 604 g/mol. The van der Waals surface area contributed by atoms with Gasteiger partial charge in [0.2, 0.25) is 0 Å². The van der Waals surface area contributed by atoms with E-state index in [-0.39, 0.29) is 22.7 Å². The fraction of sp³-hybridized carbons (Fsp3) is 0.436. The fourth-order valence-corrected chi connectivity index (χ4v) is 7.33. The first-order valence-electron chi connectivity index (χ1n) is 16.8. The van der Waals surface area contributed by atoms with E-state index in [9.17, 15) is 0 Å². The number of hydrogen-bond donors (Lipinski definition) is 4. The van der Waals surface area contributed by atoms with Crippen LogP contribution in [0.4, 0.5) is 0 Å². The van der Waals surface area contributed by atoms with Crippen LogP contribution >= 0.6 is 0 Å². The molecule has 4 aromatic heterocycles. The van der Waals surface area contributed by atoms with Crippen LogP contribution in [0.2, 0.25) is 0 Å². The standard InChI is InChI=1S/C39H48N4O2/c1-25-22-26-24-27(23-25)45-21-9-7-11-29-31-13-17-35(41-31)38(2,3)34-16-12-30(40-34)28(10-6-8-20-44-26)32-14-18-36(42-32)39(4,5)37-19-15-33(29)43-37/h12-19,22-24,28-29,40-43H,6-11,20-21H2,1-5H3. The molecule has 0 fully saturated rings. The van der Waals surface area contributed by atoms with Crippen LogP contribution in [0.5, 0.6) is 11.5 Å². The molecule has 6 nitrogen and oxygen atoms in total. The van der Waals surface area contributed by atoms with Crippen LogP contribution in [0.1, 0.15) is 129 Å². The van der Waals surface area contributed by atoms with Crippen LogP contribution in [0.15, 0.2) is 66.7 Å². The second-order valence-electron chi connectivity index (χ2n) is 14.3. The van der Waals surface area contributed by atoms with E-state index in [1.807, 2.05) is 6.07 Å². The lowest BCUT2D eigenvalue weighted by molar-refractivity contribution is 0.289. The number of nitrogens with one attached hydrogen (secondary N) is 4. The van der Waals surface area contributed by atoms with Gasteiger partial charge in [-0.3, -0.25) is 0 Å². The lowest BCUT2D eigenvalue weighted by Crippen LogP contribution is -2.21. The molecule has 0 radical (unpaired) electrons. The van der Waals surface area contributed by atoms with Gasteiger partial charge in [-0.15, -0.1) is 0 Å². The van der Waals surface area contributed by atoms with E-state index >= 15 is 0 Å². The van der Waals surface area contributed by atoms with Gasteiger partial charge in [-0.2, -0.15) is 0 Å². The number of benzene rings is 1. The molecule has 236 valence electrons. The maximum absolute atomic E-state index is 6.25. The predicted molar refractivity (Wildman–Crippen MR) is 181 cm³/mol. The molecule has 8 rings (SSSR count). The largest absolute Gasteiger partial charge is 0.493 e. The second-order valence-corrected chi connectivity index (χ2v) is 14.3. The van der Waals surface area contributed by atoms with Gasteiger partial charge in [-0.25, -0.2) is 0 Å². The predicted octanol–water partition coefficient (Wildman–Crippen LogP) is 9.35. The first-order chi connectivity index (χ1) is 21.7. The number of aryl methyl sites for hydroxylation is 1. The average molecular weight is 605 g/mol. The molecule has 3 aliphatic rings.